The van der Waals surface area contributed by atoms with Gasteiger partial charge in [-0.05, 0) is 28.9 Å². The molecule has 0 unspecified atom stereocenters. The zero-order valence-corrected chi connectivity index (χ0v) is 17.0. The molecular weight excluding hydrogens is 446 g/mol. The minimum Gasteiger partial charge on any atom is -0.301 e. The summed E-state index contributed by atoms with van der Waals surface area (Å²) in [5, 5.41) is 11.2. The van der Waals surface area contributed by atoms with Gasteiger partial charge in [-0.2, -0.15) is 0 Å². The first-order valence-electron chi connectivity index (χ1n) is 8.29. The van der Waals surface area contributed by atoms with Crippen LogP contribution in [0.15, 0.2) is 38.6 Å². The molecular formula is C18H14BrN5O5. The molecule has 29 heavy (non-hydrogen) atoms. The van der Waals surface area contributed by atoms with E-state index in [2.05, 4.69) is 32.8 Å². The van der Waals surface area contributed by atoms with Crippen molar-refractivity contribution < 1.29 is 9.72 Å². The number of aromatic nitrogens is 4. The zero-order valence-electron chi connectivity index (χ0n) is 15.4. The summed E-state index contributed by atoms with van der Waals surface area (Å²) in [4.78, 5) is 53.1. The van der Waals surface area contributed by atoms with Crippen molar-refractivity contribution in [3.05, 3.63) is 65.5 Å². The molecule has 0 spiro atoms. The molecule has 0 radical (unpaired) electrons. The number of carbonyl (C=O) groups excluding carboxylic acids is 1. The van der Waals surface area contributed by atoms with Crippen molar-refractivity contribution in [1.82, 2.24) is 18.7 Å². The maximum Gasteiger partial charge on any atom is 0.332 e. The second-order valence-corrected chi connectivity index (χ2v) is 6.71. The van der Waals surface area contributed by atoms with Gasteiger partial charge in [-0.25, -0.2) is 9.78 Å². The monoisotopic (exact) mass is 459 g/mol. The van der Waals surface area contributed by atoms with Crippen LogP contribution in [0, 0.1) is 22.0 Å². The third kappa shape index (κ3) is 3.50. The normalized spacial score (nSPS) is 10.6. The number of Topliss-reactive ketones (excluding diaryl/α,β-unsaturated/α-hetero) is 1. The lowest BCUT2D eigenvalue weighted by atomic mass is 10.1. The fraction of sp³-hybridized carbons (Fsp3) is 0.222. The highest BCUT2D eigenvalue weighted by Gasteiger charge is 2.23. The van der Waals surface area contributed by atoms with E-state index in [1.807, 2.05) is 0 Å². The maximum atomic E-state index is 13.0. The lowest BCUT2D eigenvalue weighted by Gasteiger charge is -2.09. The lowest BCUT2D eigenvalue weighted by Crippen LogP contribution is -2.41. The van der Waals surface area contributed by atoms with Crippen molar-refractivity contribution in [3.8, 4) is 11.8 Å². The Balaban J connectivity index is 2.19. The Hall–Kier alpha value is -3.52. The van der Waals surface area contributed by atoms with E-state index in [4.69, 9.17) is 0 Å². The van der Waals surface area contributed by atoms with Crippen molar-refractivity contribution in [2.45, 2.75) is 20.0 Å². The largest absolute Gasteiger partial charge is 0.332 e. The first-order chi connectivity index (χ1) is 13.8. The van der Waals surface area contributed by atoms with Gasteiger partial charge in [0.25, 0.3) is 11.2 Å². The number of rotatable bonds is 5. The number of benzene rings is 1. The number of halogens is 1. The van der Waals surface area contributed by atoms with Gasteiger partial charge in [-0.1, -0.05) is 18.1 Å². The van der Waals surface area contributed by atoms with Gasteiger partial charge in [0.05, 0.1) is 23.6 Å². The van der Waals surface area contributed by atoms with Crippen molar-refractivity contribution in [3.63, 3.8) is 0 Å². The minimum absolute atomic E-state index is 0.0945. The van der Waals surface area contributed by atoms with Gasteiger partial charge in [0, 0.05) is 13.1 Å². The standard InChI is InChI=1S/C18H14BrN5O5/c1-3-4-9-22-14-15(20-17(22)19)21(2)18(27)23(16(14)26)10-13(25)11-7-5-6-8-12(11)24(28)29/h5-8H,9-10H2,1-2H3. The summed E-state index contributed by atoms with van der Waals surface area (Å²) in [5.74, 6) is 4.80. The van der Waals surface area contributed by atoms with Crippen LogP contribution in [0.4, 0.5) is 5.69 Å². The summed E-state index contributed by atoms with van der Waals surface area (Å²) in [6.07, 6.45) is 0. The lowest BCUT2D eigenvalue weighted by molar-refractivity contribution is -0.385. The summed E-state index contributed by atoms with van der Waals surface area (Å²) < 4.78 is 3.68. The molecule has 0 bridgehead atoms. The van der Waals surface area contributed by atoms with Gasteiger partial charge >= 0.3 is 5.69 Å². The summed E-state index contributed by atoms with van der Waals surface area (Å²) in [7, 11) is 1.42. The Morgan fingerprint density at radius 3 is 2.62 bits per heavy atom. The van der Waals surface area contributed by atoms with Crippen LogP contribution in [0.1, 0.15) is 17.3 Å². The Labute approximate surface area is 171 Å². The van der Waals surface area contributed by atoms with Crippen LogP contribution in [0.2, 0.25) is 0 Å². The molecule has 0 aliphatic rings. The molecule has 148 valence electrons. The Bertz CT molecular complexity index is 1340. The van der Waals surface area contributed by atoms with E-state index < -0.39 is 34.2 Å². The number of hydrogen-bond acceptors (Lipinski definition) is 6. The van der Waals surface area contributed by atoms with Crippen molar-refractivity contribution in [1.29, 1.82) is 0 Å². The summed E-state index contributed by atoms with van der Waals surface area (Å²) in [5.41, 5.74) is -1.83. The van der Waals surface area contributed by atoms with E-state index in [-0.39, 0.29) is 23.3 Å². The van der Waals surface area contributed by atoms with Crippen LogP contribution in [-0.2, 0) is 20.1 Å². The topological polar surface area (TPSA) is 122 Å². The smallest absolute Gasteiger partial charge is 0.301 e. The quantitative estimate of drug-likeness (QED) is 0.187. The van der Waals surface area contributed by atoms with Gasteiger partial charge in [0.15, 0.2) is 21.7 Å². The number of aryl methyl sites for hydroxylation is 1. The van der Waals surface area contributed by atoms with Crippen molar-refractivity contribution >= 4 is 38.6 Å². The fourth-order valence-electron chi connectivity index (χ4n) is 2.88. The number of hydrogen-bond donors (Lipinski definition) is 0. The van der Waals surface area contributed by atoms with E-state index >= 15 is 0 Å². The van der Waals surface area contributed by atoms with Crippen molar-refractivity contribution in [2.75, 3.05) is 0 Å². The van der Waals surface area contributed by atoms with Crippen LogP contribution in [0.3, 0.4) is 0 Å². The van der Waals surface area contributed by atoms with Gasteiger partial charge in [0.1, 0.15) is 0 Å². The molecule has 0 saturated carbocycles. The summed E-state index contributed by atoms with van der Waals surface area (Å²) in [6, 6.07) is 5.37. The van der Waals surface area contributed by atoms with Crippen LogP contribution in [-0.4, -0.2) is 29.4 Å². The third-order valence-electron chi connectivity index (χ3n) is 4.30. The number of nitrogens with zero attached hydrogens (tertiary/aromatic N) is 5. The molecule has 0 atom stereocenters. The van der Waals surface area contributed by atoms with Crippen LogP contribution < -0.4 is 11.2 Å². The predicted octanol–water partition coefficient (Wildman–Crippen LogP) is 1.47. The average Bonchev–Trinajstić information content (AvgIpc) is 3.04. The first-order valence-corrected chi connectivity index (χ1v) is 9.09. The molecule has 3 rings (SSSR count). The Kier molecular flexibility index (Phi) is 5.47. The number of nitro groups is 1. The summed E-state index contributed by atoms with van der Waals surface area (Å²) >= 11 is 3.25. The number of para-hydroxylation sites is 1. The molecule has 0 saturated heterocycles. The van der Waals surface area contributed by atoms with Gasteiger partial charge in [-0.15, -0.1) is 5.92 Å². The highest BCUT2D eigenvalue weighted by atomic mass is 79.9. The maximum absolute atomic E-state index is 13.0. The molecule has 0 aliphatic carbocycles. The number of carbonyl (C=O) groups is 1. The number of fused-ring (bicyclic) bond motifs is 1. The molecule has 0 fully saturated rings. The molecule has 0 aliphatic heterocycles. The highest BCUT2D eigenvalue weighted by molar-refractivity contribution is 9.10. The number of nitro benzene ring substituents is 1. The van der Waals surface area contributed by atoms with E-state index in [0.29, 0.717) is 4.73 Å². The Morgan fingerprint density at radius 2 is 1.97 bits per heavy atom. The van der Waals surface area contributed by atoms with Gasteiger partial charge in [-0.3, -0.25) is 28.8 Å². The zero-order chi connectivity index (χ0) is 21.3. The third-order valence-corrected chi connectivity index (χ3v) is 4.91. The van der Waals surface area contributed by atoms with E-state index in [9.17, 15) is 24.5 Å². The molecule has 11 heteroatoms. The molecule has 3 aromatic rings. The van der Waals surface area contributed by atoms with E-state index in [0.717, 1.165) is 9.13 Å². The predicted molar refractivity (Wildman–Crippen MR) is 108 cm³/mol. The van der Waals surface area contributed by atoms with Gasteiger partial charge < -0.3 is 4.57 Å². The highest BCUT2D eigenvalue weighted by Crippen LogP contribution is 2.19. The molecule has 10 nitrogen and oxygen atoms in total. The summed E-state index contributed by atoms with van der Waals surface area (Å²) in [6.45, 7) is 1.15. The molecule has 0 N–H and O–H groups in total. The second kappa shape index (κ2) is 7.84. The number of ketones is 1. The van der Waals surface area contributed by atoms with Crippen LogP contribution >= 0.6 is 15.9 Å². The van der Waals surface area contributed by atoms with Crippen LogP contribution in [0.5, 0.6) is 0 Å². The molecule has 0 amide bonds. The van der Waals surface area contributed by atoms with E-state index in [1.54, 1.807) is 6.92 Å². The van der Waals surface area contributed by atoms with Gasteiger partial charge in [0.2, 0.25) is 0 Å². The first kappa shape index (κ1) is 20.2. The molecule has 1 aromatic carbocycles. The SMILES string of the molecule is CC#CCn1c(Br)nc2c1c(=O)n(CC(=O)c1ccccc1[N+](=O)[O-])c(=O)n2C. The van der Waals surface area contributed by atoms with Crippen LogP contribution in [0.25, 0.3) is 11.2 Å². The minimum atomic E-state index is -0.756. The van der Waals surface area contributed by atoms with Crippen molar-refractivity contribution in [2.24, 2.45) is 7.05 Å². The number of imidazole rings is 1. The average molecular weight is 460 g/mol. The second-order valence-electron chi connectivity index (χ2n) is 6.00. The van der Waals surface area contributed by atoms with E-state index in [1.165, 1.54) is 35.9 Å². The fourth-order valence-corrected chi connectivity index (χ4v) is 3.35. The molecule has 2 aromatic heterocycles. The Morgan fingerprint density at radius 1 is 1.28 bits per heavy atom. The molecule has 2 heterocycles.